The first-order chi connectivity index (χ1) is 14.2. The third-order valence-corrected chi connectivity index (χ3v) is 5.47. The Hall–Kier alpha value is -2.10. The quantitative estimate of drug-likeness (QED) is 0.132. The first-order valence-electron chi connectivity index (χ1n) is 11.6. The Bertz CT molecular complexity index is 639. The molecule has 1 aliphatic heterocycles. The highest BCUT2D eigenvalue weighted by Gasteiger charge is 2.36. The fourth-order valence-corrected chi connectivity index (χ4v) is 3.76. The lowest BCUT2D eigenvalue weighted by atomic mass is 10.0. The topological polar surface area (TPSA) is 46.6 Å². The summed E-state index contributed by atoms with van der Waals surface area (Å²) in [5.74, 6) is -0.548. The van der Waals surface area contributed by atoms with Gasteiger partial charge in [-0.05, 0) is 25.0 Å². The third kappa shape index (κ3) is 8.43. The molecule has 29 heavy (non-hydrogen) atoms. The lowest BCUT2D eigenvalue weighted by Gasteiger charge is -2.13. The van der Waals surface area contributed by atoms with Gasteiger partial charge in [-0.3, -0.25) is 0 Å². The van der Waals surface area contributed by atoms with Gasteiger partial charge in [0, 0.05) is 0 Å². The van der Waals surface area contributed by atoms with Crippen molar-refractivity contribution in [2.45, 2.75) is 96.8 Å². The molecule has 1 fully saturated rings. The second kappa shape index (κ2) is 14.0. The van der Waals surface area contributed by atoms with E-state index in [2.05, 4.69) is 6.92 Å². The van der Waals surface area contributed by atoms with Crippen molar-refractivity contribution in [2.24, 2.45) is 0 Å². The number of hydrogen-bond acceptors (Lipinski definition) is 3. The van der Waals surface area contributed by atoms with Crippen LogP contribution in [0.1, 0.15) is 96.8 Å². The molecule has 1 aromatic rings. The highest BCUT2D eigenvalue weighted by Crippen LogP contribution is 2.26. The molecule has 0 aromatic heterocycles. The molecule has 4 nitrogen and oxygen atoms in total. The summed E-state index contributed by atoms with van der Waals surface area (Å²) in [5.41, 5.74) is 1.01. The van der Waals surface area contributed by atoms with Crippen LogP contribution in [0.15, 0.2) is 42.1 Å². The van der Waals surface area contributed by atoms with E-state index in [0.29, 0.717) is 11.4 Å². The van der Waals surface area contributed by atoms with Crippen molar-refractivity contribution in [2.75, 3.05) is 4.90 Å². The Kier molecular flexibility index (Phi) is 11.2. The van der Waals surface area contributed by atoms with E-state index in [4.69, 9.17) is 4.74 Å². The van der Waals surface area contributed by atoms with E-state index in [-0.39, 0.29) is 0 Å². The first-order valence-corrected chi connectivity index (χ1v) is 11.6. The number of carbonyl (C=O) groups is 2. The molecule has 4 heteroatoms. The van der Waals surface area contributed by atoms with E-state index in [0.717, 1.165) is 19.3 Å². The molecule has 1 aromatic carbocycles. The van der Waals surface area contributed by atoms with Gasteiger partial charge in [0.1, 0.15) is 5.70 Å². The molecule has 1 heterocycles. The largest absolute Gasteiger partial charge is 0.427 e. The van der Waals surface area contributed by atoms with E-state index < -0.39 is 12.1 Å². The minimum absolute atomic E-state index is 0.347. The summed E-state index contributed by atoms with van der Waals surface area (Å²) < 4.78 is 4.79. The second-order valence-corrected chi connectivity index (χ2v) is 7.95. The van der Waals surface area contributed by atoms with Crippen LogP contribution in [0, 0.1) is 0 Å². The molecule has 0 saturated carbocycles. The number of benzene rings is 1. The minimum Gasteiger partial charge on any atom is -0.371 e. The number of ether oxygens (including phenoxy) is 1. The van der Waals surface area contributed by atoms with E-state index >= 15 is 0 Å². The van der Waals surface area contributed by atoms with Gasteiger partial charge in [0.05, 0.1) is 5.69 Å². The van der Waals surface area contributed by atoms with E-state index in [1.165, 1.54) is 75.5 Å². The Labute approximate surface area is 176 Å². The lowest BCUT2D eigenvalue weighted by Crippen LogP contribution is -2.22. The molecular weight excluding hydrogens is 362 g/mol. The number of cyclic esters (lactones) is 2. The molecule has 0 unspecified atom stereocenters. The summed E-state index contributed by atoms with van der Waals surface area (Å²) >= 11 is 0. The van der Waals surface area contributed by atoms with Gasteiger partial charge in [0.15, 0.2) is 0 Å². The van der Waals surface area contributed by atoms with Crippen LogP contribution < -0.4 is 4.90 Å². The fraction of sp³-hybridized carbons (Fsp3) is 0.600. The van der Waals surface area contributed by atoms with Crippen molar-refractivity contribution < 1.29 is 14.3 Å². The van der Waals surface area contributed by atoms with Gasteiger partial charge in [-0.25, -0.2) is 14.5 Å². The molecule has 2 rings (SSSR count). The normalized spacial score (nSPS) is 15.3. The summed E-state index contributed by atoms with van der Waals surface area (Å²) in [6.45, 7) is 2.26. The van der Waals surface area contributed by atoms with Crippen LogP contribution in [0.25, 0.3) is 0 Å². The molecule has 0 spiro atoms. The number of unbranched alkanes of at least 4 members (excludes halogenated alkanes) is 13. The van der Waals surface area contributed by atoms with Gasteiger partial charge < -0.3 is 4.74 Å². The van der Waals surface area contributed by atoms with Gasteiger partial charge in [-0.15, -0.1) is 0 Å². The first kappa shape index (κ1) is 23.2. The van der Waals surface area contributed by atoms with Crippen LogP contribution in [0.4, 0.5) is 10.5 Å². The summed E-state index contributed by atoms with van der Waals surface area (Å²) in [4.78, 5) is 25.3. The fourth-order valence-electron chi connectivity index (χ4n) is 3.76. The summed E-state index contributed by atoms with van der Waals surface area (Å²) in [7, 11) is 0. The van der Waals surface area contributed by atoms with Crippen LogP contribution >= 0.6 is 0 Å². The number of allylic oxidation sites excluding steroid dienone is 1. The predicted molar refractivity (Wildman–Crippen MR) is 119 cm³/mol. The maximum absolute atomic E-state index is 12.0. The molecule has 0 atom stereocenters. The number of carbonyl (C=O) groups excluding carboxylic acids is 2. The van der Waals surface area contributed by atoms with Gasteiger partial charge in [0.25, 0.3) is 0 Å². The Morgan fingerprint density at radius 2 is 1.28 bits per heavy atom. The highest BCUT2D eigenvalue weighted by molar-refractivity contribution is 6.14. The van der Waals surface area contributed by atoms with E-state index in [1.807, 2.05) is 24.3 Å². The molecule has 1 aliphatic rings. The highest BCUT2D eigenvalue weighted by atomic mass is 16.6. The maximum Gasteiger partial charge on any atom is 0.427 e. The molecule has 0 radical (unpaired) electrons. The van der Waals surface area contributed by atoms with Crippen molar-refractivity contribution in [1.29, 1.82) is 0 Å². The Balaban J connectivity index is 1.55. The molecular formula is C25H37NO3. The second-order valence-electron chi connectivity index (χ2n) is 7.95. The van der Waals surface area contributed by atoms with Crippen molar-refractivity contribution in [1.82, 2.24) is 0 Å². The van der Waals surface area contributed by atoms with Crippen LogP contribution in [0.5, 0.6) is 0 Å². The van der Waals surface area contributed by atoms with Crippen LogP contribution in [0.3, 0.4) is 0 Å². The number of para-hydroxylation sites is 1. The predicted octanol–water partition coefficient (Wildman–Crippen LogP) is 7.54. The van der Waals surface area contributed by atoms with Crippen molar-refractivity contribution in [3.63, 3.8) is 0 Å². The number of anilines is 1. The van der Waals surface area contributed by atoms with Crippen molar-refractivity contribution >= 4 is 17.7 Å². The smallest absolute Gasteiger partial charge is 0.371 e. The minimum atomic E-state index is -0.613. The standard InChI is InChI=1S/C25H37NO3/c1-2-3-4-5-6-7-8-9-10-11-12-13-14-18-21-23-24(27)29-25(28)26(23)22-19-16-15-17-20-22/h15-17,19-21H,2-14,18H2,1H3/b23-21+. The monoisotopic (exact) mass is 399 g/mol. The molecule has 160 valence electrons. The molecule has 1 saturated heterocycles. The molecule has 1 amide bonds. The van der Waals surface area contributed by atoms with Crippen molar-refractivity contribution in [3.05, 3.63) is 42.1 Å². The number of nitrogens with zero attached hydrogens (tertiary/aromatic N) is 1. The molecule has 0 aliphatic carbocycles. The van der Waals surface area contributed by atoms with E-state index in [9.17, 15) is 9.59 Å². The van der Waals surface area contributed by atoms with Crippen molar-refractivity contribution in [3.8, 4) is 0 Å². The molecule has 0 bridgehead atoms. The summed E-state index contributed by atoms with van der Waals surface area (Å²) in [6.07, 6.45) is 19.1. The number of rotatable bonds is 15. The van der Waals surface area contributed by atoms with E-state index in [1.54, 1.807) is 12.1 Å². The maximum atomic E-state index is 12.0. The SMILES string of the molecule is CCCCCCCCCCCCCCC/C=C1\C(=O)OC(=O)N1c1ccccc1. The summed E-state index contributed by atoms with van der Waals surface area (Å²) in [5, 5.41) is 0. The third-order valence-electron chi connectivity index (χ3n) is 5.47. The Morgan fingerprint density at radius 3 is 1.83 bits per heavy atom. The van der Waals surface area contributed by atoms with Gasteiger partial charge >= 0.3 is 12.1 Å². The van der Waals surface area contributed by atoms with Crippen LogP contribution in [-0.2, 0) is 9.53 Å². The summed E-state index contributed by atoms with van der Waals surface area (Å²) in [6, 6.07) is 9.17. The average molecular weight is 400 g/mol. The zero-order valence-corrected chi connectivity index (χ0v) is 18.0. The average Bonchev–Trinajstić information content (AvgIpc) is 3.01. The lowest BCUT2D eigenvalue weighted by molar-refractivity contribution is -0.130. The Morgan fingerprint density at radius 1 is 0.759 bits per heavy atom. The number of esters is 1. The number of amides is 1. The van der Waals surface area contributed by atoms with Gasteiger partial charge in [0.2, 0.25) is 0 Å². The van der Waals surface area contributed by atoms with Crippen LogP contribution in [-0.4, -0.2) is 12.1 Å². The molecule has 0 N–H and O–H groups in total. The van der Waals surface area contributed by atoms with Gasteiger partial charge in [-0.2, -0.15) is 0 Å². The van der Waals surface area contributed by atoms with Gasteiger partial charge in [-0.1, -0.05) is 108 Å². The van der Waals surface area contributed by atoms with Crippen LogP contribution in [0.2, 0.25) is 0 Å². The zero-order valence-electron chi connectivity index (χ0n) is 18.0. The zero-order chi connectivity index (χ0) is 20.7. The number of hydrogen-bond donors (Lipinski definition) is 0.